The van der Waals surface area contributed by atoms with Gasteiger partial charge in [-0.05, 0) is 13.3 Å². The summed E-state index contributed by atoms with van der Waals surface area (Å²) in [4.78, 5) is 9.28. The highest BCUT2D eigenvalue weighted by molar-refractivity contribution is 4.50. The minimum atomic E-state index is 0.126. The van der Waals surface area contributed by atoms with Gasteiger partial charge in [0, 0.05) is 0 Å². The monoisotopic (exact) mass is 218 g/mol. The Morgan fingerprint density at radius 2 is 1.53 bits per heavy atom. The maximum Gasteiger partial charge on any atom is 0.0933 e. The Balaban J connectivity index is 3.02. The largest absolute Gasteiger partial charge is 0.210 e. The van der Waals surface area contributed by atoms with Gasteiger partial charge in [0.05, 0.1) is 13.2 Å². The second kappa shape index (κ2) is 12.0. The topological polar surface area (TPSA) is 27.7 Å². The molecule has 0 aliphatic heterocycles. The lowest BCUT2D eigenvalue weighted by Gasteiger charge is -2.09. The number of hydrogen-bond donors (Lipinski definition) is 0. The van der Waals surface area contributed by atoms with Gasteiger partial charge >= 0.3 is 0 Å². The first-order chi connectivity index (χ1) is 7.31. The summed E-state index contributed by atoms with van der Waals surface area (Å²) in [7, 11) is 1.44. The first kappa shape index (κ1) is 14.9. The molecule has 1 unspecified atom stereocenters. The predicted octanol–water partition coefficient (Wildman–Crippen LogP) is 4.03. The quantitative estimate of drug-likeness (QED) is 0.298. The summed E-state index contributed by atoms with van der Waals surface area (Å²) < 4.78 is 0. The second-order valence-electron chi connectivity index (χ2n) is 4.05. The van der Waals surface area contributed by atoms with Crippen molar-refractivity contribution in [3.05, 3.63) is 0 Å². The van der Waals surface area contributed by atoms with Gasteiger partial charge in [-0.25, -0.2) is 9.78 Å². The standard InChI is InChI=1S/C12H26O3/c1-4-5-6-7-8-9-10-11-12(2)14-15-13-3/h12H,4-11H2,1-3H3. The molecule has 0 radical (unpaired) electrons. The van der Waals surface area contributed by atoms with E-state index in [0.29, 0.717) is 0 Å². The highest BCUT2D eigenvalue weighted by Crippen LogP contribution is 2.10. The molecule has 0 saturated carbocycles. The van der Waals surface area contributed by atoms with Crippen LogP contribution < -0.4 is 0 Å². The second-order valence-corrected chi connectivity index (χ2v) is 4.05. The highest BCUT2D eigenvalue weighted by Gasteiger charge is 2.02. The molecular weight excluding hydrogens is 192 g/mol. The zero-order chi connectivity index (χ0) is 11.4. The Morgan fingerprint density at radius 1 is 0.933 bits per heavy atom. The molecule has 0 spiro atoms. The highest BCUT2D eigenvalue weighted by atomic mass is 17.5. The first-order valence-electron chi connectivity index (χ1n) is 6.17. The molecule has 0 amide bonds. The normalized spacial score (nSPS) is 13.0. The van der Waals surface area contributed by atoms with Crippen molar-refractivity contribution in [2.75, 3.05) is 7.11 Å². The minimum Gasteiger partial charge on any atom is -0.210 e. The van der Waals surface area contributed by atoms with E-state index >= 15 is 0 Å². The molecule has 0 fully saturated rings. The molecule has 3 nitrogen and oxygen atoms in total. The molecule has 0 N–H and O–H groups in total. The van der Waals surface area contributed by atoms with Crippen molar-refractivity contribution in [1.29, 1.82) is 0 Å². The molecular formula is C12H26O3. The van der Waals surface area contributed by atoms with Gasteiger partial charge in [0.15, 0.2) is 0 Å². The average Bonchev–Trinajstić information content (AvgIpc) is 2.25. The fourth-order valence-electron chi connectivity index (χ4n) is 1.54. The minimum absolute atomic E-state index is 0.126. The van der Waals surface area contributed by atoms with Gasteiger partial charge in [-0.3, -0.25) is 0 Å². The maximum absolute atomic E-state index is 4.91. The SMILES string of the molecule is CCCCCCCCCC(C)OOOC. The molecule has 1 atom stereocenters. The third kappa shape index (κ3) is 11.8. The summed E-state index contributed by atoms with van der Waals surface area (Å²) >= 11 is 0. The zero-order valence-electron chi connectivity index (χ0n) is 10.5. The third-order valence-electron chi connectivity index (χ3n) is 2.49. The van der Waals surface area contributed by atoms with E-state index in [-0.39, 0.29) is 6.10 Å². The van der Waals surface area contributed by atoms with Gasteiger partial charge < -0.3 is 0 Å². The Kier molecular flexibility index (Phi) is 11.9. The Morgan fingerprint density at radius 3 is 2.13 bits per heavy atom. The fraction of sp³-hybridized carbons (Fsp3) is 1.00. The third-order valence-corrected chi connectivity index (χ3v) is 2.49. The van der Waals surface area contributed by atoms with Crippen LogP contribution in [0.2, 0.25) is 0 Å². The van der Waals surface area contributed by atoms with E-state index in [2.05, 4.69) is 16.8 Å². The van der Waals surface area contributed by atoms with Crippen LogP contribution in [0.3, 0.4) is 0 Å². The van der Waals surface area contributed by atoms with Gasteiger partial charge in [-0.1, -0.05) is 56.9 Å². The van der Waals surface area contributed by atoms with Crippen molar-refractivity contribution >= 4 is 0 Å². The summed E-state index contributed by atoms with van der Waals surface area (Å²) in [6.07, 6.45) is 10.5. The number of unbranched alkanes of at least 4 members (excludes halogenated alkanes) is 6. The van der Waals surface area contributed by atoms with Crippen LogP contribution in [0.25, 0.3) is 0 Å². The molecule has 3 heteroatoms. The molecule has 0 bridgehead atoms. The summed E-state index contributed by atoms with van der Waals surface area (Å²) in [5, 5.41) is 4.41. The van der Waals surface area contributed by atoms with Crippen LogP contribution in [0, 0.1) is 0 Å². The fourth-order valence-corrected chi connectivity index (χ4v) is 1.54. The number of rotatable bonds is 11. The molecule has 15 heavy (non-hydrogen) atoms. The van der Waals surface area contributed by atoms with E-state index in [1.54, 1.807) is 0 Å². The molecule has 0 aromatic carbocycles. The Bertz CT molecular complexity index is 117. The Labute approximate surface area is 94.0 Å². The maximum atomic E-state index is 4.91. The lowest BCUT2D eigenvalue weighted by atomic mass is 10.1. The molecule has 0 saturated heterocycles. The van der Waals surface area contributed by atoms with Crippen molar-refractivity contribution in [1.82, 2.24) is 0 Å². The summed E-state index contributed by atoms with van der Waals surface area (Å²) in [5.74, 6) is 0. The average molecular weight is 218 g/mol. The van der Waals surface area contributed by atoms with Crippen LogP contribution in [0.15, 0.2) is 0 Å². The summed E-state index contributed by atoms with van der Waals surface area (Å²) in [6.45, 7) is 4.24. The predicted molar refractivity (Wildman–Crippen MR) is 61.3 cm³/mol. The van der Waals surface area contributed by atoms with Crippen molar-refractivity contribution in [2.24, 2.45) is 0 Å². The summed E-state index contributed by atoms with van der Waals surface area (Å²) in [6, 6.07) is 0. The zero-order valence-corrected chi connectivity index (χ0v) is 10.5. The smallest absolute Gasteiger partial charge is 0.0933 e. The number of hydrogen-bond acceptors (Lipinski definition) is 3. The first-order valence-corrected chi connectivity index (χ1v) is 6.17. The van der Waals surface area contributed by atoms with Crippen LogP contribution in [-0.4, -0.2) is 13.2 Å². The van der Waals surface area contributed by atoms with Crippen LogP contribution in [0.4, 0.5) is 0 Å². The van der Waals surface area contributed by atoms with E-state index in [4.69, 9.17) is 4.89 Å². The molecule has 0 aliphatic rings. The van der Waals surface area contributed by atoms with E-state index in [9.17, 15) is 0 Å². The molecule has 0 heterocycles. The van der Waals surface area contributed by atoms with Gasteiger partial charge in [0.1, 0.15) is 0 Å². The van der Waals surface area contributed by atoms with Gasteiger partial charge in [-0.15, -0.1) is 0 Å². The molecule has 0 rings (SSSR count). The van der Waals surface area contributed by atoms with E-state index in [1.807, 2.05) is 6.92 Å². The molecule has 0 aromatic rings. The van der Waals surface area contributed by atoms with E-state index < -0.39 is 0 Å². The lowest BCUT2D eigenvalue weighted by Crippen LogP contribution is -2.08. The summed E-state index contributed by atoms with van der Waals surface area (Å²) in [5.41, 5.74) is 0. The van der Waals surface area contributed by atoms with Gasteiger partial charge in [0.2, 0.25) is 0 Å². The van der Waals surface area contributed by atoms with Crippen molar-refractivity contribution < 1.29 is 14.8 Å². The molecule has 0 aliphatic carbocycles. The van der Waals surface area contributed by atoms with Crippen molar-refractivity contribution in [3.63, 3.8) is 0 Å². The van der Waals surface area contributed by atoms with Crippen LogP contribution in [0.1, 0.15) is 65.2 Å². The Hall–Kier alpha value is -0.120. The van der Waals surface area contributed by atoms with Crippen LogP contribution in [0.5, 0.6) is 0 Å². The van der Waals surface area contributed by atoms with E-state index in [1.165, 1.54) is 52.1 Å². The van der Waals surface area contributed by atoms with Crippen molar-refractivity contribution in [2.45, 2.75) is 71.3 Å². The van der Waals surface area contributed by atoms with Crippen LogP contribution in [-0.2, 0) is 14.8 Å². The van der Waals surface area contributed by atoms with Crippen molar-refractivity contribution in [3.8, 4) is 0 Å². The molecule has 0 aromatic heterocycles. The van der Waals surface area contributed by atoms with Gasteiger partial charge in [0.25, 0.3) is 0 Å². The van der Waals surface area contributed by atoms with E-state index in [0.717, 1.165) is 6.42 Å². The molecule has 92 valence electrons. The van der Waals surface area contributed by atoms with Gasteiger partial charge in [-0.2, -0.15) is 0 Å². The van der Waals surface area contributed by atoms with Crippen LogP contribution >= 0.6 is 0 Å². The lowest BCUT2D eigenvalue weighted by molar-refractivity contribution is -0.515.